The normalized spacial score (nSPS) is 35.9. The van der Waals surface area contributed by atoms with E-state index >= 15 is 0 Å². The molecule has 1 aromatic heterocycles. The van der Waals surface area contributed by atoms with E-state index in [1.165, 1.54) is 6.42 Å². The fraction of sp³-hybridized carbons (Fsp3) is 0.600. The zero-order chi connectivity index (χ0) is 9.43. The summed E-state index contributed by atoms with van der Waals surface area (Å²) in [4.78, 5) is 8.17. The first-order valence-corrected chi connectivity index (χ1v) is 4.99. The molecule has 2 saturated heterocycles. The van der Waals surface area contributed by atoms with Crippen LogP contribution in [0.2, 0.25) is 0 Å². The van der Waals surface area contributed by atoms with Crippen LogP contribution in [0, 0.1) is 5.41 Å². The number of rotatable bonds is 1. The summed E-state index contributed by atoms with van der Waals surface area (Å²) < 4.78 is 5.62. The molecule has 0 saturated carbocycles. The molecule has 1 spiro atoms. The summed E-state index contributed by atoms with van der Waals surface area (Å²) in [6.45, 7) is 3.03. The average Bonchev–Trinajstić information content (AvgIpc) is 2.68. The van der Waals surface area contributed by atoms with Gasteiger partial charge in [-0.2, -0.15) is 0 Å². The van der Waals surface area contributed by atoms with Crippen molar-refractivity contribution < 1.29 is 4.74 Å². The lowest BCUT2D eigenvalue weighted by Gasteiger charge is -2.45. The fourth-order valence-corrected chi connectivity index (χ4v) is 2.37. The second-order valence-electron chi connectivity index (χ2n) is 4.11. The molecule has 2 aliphatic rings. The molecule has 2 aliphatic heterocycles. The van der Waals surface area contributed by atoms with E-state index in [1.807, 2.05) is 6.07 Å². The molecule has 14 heavy (non-hydrogen) atoms. The van der Waals surface area contributed by atoms with Crippen molar-refractivity contribution in [1.82, 2.24) is 15.3 Å². The highest BCUT2D eigenvalue weighted by atomic mass is 16.5. The highest BCUT2D eigenvalue weighted by Gasteiger charge is 2.51. The van der Waals surface area contributed by atoms with Crippen LogP contribution in [0.5, 0.6) is 0 Å². The van der Waals surface area contributed by atoms with Gasteiger partial charge in [0.2, 0.25) is 0 Å². The molecule has 2 unspecified atom stereocenters. The third kappa shape index (κ3) is 1.07. The molecule has 3 rings (SSSR count). The Hall–Kier alpha value is -1.00. The van der Waals surface area contributed by atoms with Crippen LogP contribution in [0.15, 0.2) is 18.6 Å². The highest BCUT2D eigenvalue weighted by Crippen LogP contribution is 2.49. The molecular weight excluding hydrogens is 178 g/mol. The maximum atomic E-state index is 5.62. The predicted octanol–water partition coefficient (Wildman–Crippen LogP) is 0.528. The molecule has 0 bridgehead atoms. The van der Waals surface area contributed by atoms with Crippen LogP contribution >= 0.6 is 0 Å². The number of nitrogens with one attached hydrogen (secondary N) is 1. The topological polar surface area (TPSA) is 47.0 Å². The van der Waals surface area contributed by atoms with Gasteiger partial charge in [0.05, 0.1) is 12.3 Å². The van der Waals surface area contributed by atoms with Crippen LogP contribution in [0.3, 0.4) is 0 Å². The van der Waals surface area contributed by atoms with E-state index in [9.17, 15) is 0 Å². The van der Waals surface area contributed by atoms with Gasteiger partial charge >= 0.3 is 0 Å². The Morgan fingerprint density at radius 2 is 2.57 bits per heavy atom. The molecule has 4 heteroatoms. The summed E-state index contributed by atoms with van der Waals surface area (Å²) in [6, 6.07) is 1.95. The zero-order valence-electron chi connectivity index (χ0n) is 7.94. The standard InChI is InChI=1S/C10H13N3O/c1-3-12-7-13-8(1)9-10(6-14-9)2-4-11-5-10/h1,3,7,9,11H,2,4-6H2. The lowest BCUT2D eigenvalue weighted by Crippen LogP contribution is -2.47. The Morgan fingerprint density at radius 1 is 1.57 bits per heavy atom. The van der Waals surface area contributed by atoms with Crippen molar-refractivity contribution in [2.75, 3.05) is 19.7 Å². The van der Waals surface area contributed by atoms with E-state index in [-0.39, 0.29) is 6.10 Å². The van der Waals surface area contributed by atoms with Crippen LogP contribution in [0.4, 0.5) is 0 Å². The lowest BCUT2D eigenvalue weighted by atomic mass is 9.76. The van der Waals surface area contributed by atoms with Gasteiger partial charge in [-0.15, -0.1) is 0 Å². The molecule has 74 valence electrons. The van der Waals surface area contributed by atoms with Crippen molar-refractivity contribution >= 4 is 0 Å². The van der Waals surface area contributed by atoms with Gasteiger partial charge in [0.1, 0.15) is 12.4 Å². The third-order valence-electron chi connectivity index (χ3n) is 3.24. The van der Waals surface area contributed by atoms with Gasteiger partial charge < -0.3 is 10.1 Å². The van der Waals surface area contributed by atoms with Gasteiger partial charge in [0.15, 0.2) is 0 Å². The third-order valence-corrected chi connectivity index (χ3v) is 3.24. The average molecular weight is 191 g/mol. The monoisotopic (exact) mass is 191 g/mol. The van der Waals surface area contributed by atoms with Crippen LogP contribution < -0.4 is 5.32 Å². The first-order valence-electron chi connectivity index (χ1n) is 4.99. The van der Waals surface area contributed by atoms with E-state index in [2.05, 4.69) is 15.3 Å². The molecule has 0 aliphatic carbocycles. The van der Waals surface area contributed by atoms with Gasteiger partial charge in [-0.25, -0.2) is 9.97 Å². The quantitative estimate of drug-likeness (QED) is 0.703. The van der Waals surface area contributed by atoms with Gasteiger partial charge in [-0.1, -0.05) is 0 Å². The van der Waals surface area contributed by atoms with Gasteiger partial charge in [0, 0.05) is 18.2 Å². The number of aromatic nitrogens is 2. The van der Waals surface area contributed by atoms with E-state index in [0.717, 1.165) is 25.4 Å². The predicted molar refractivity (Wildman–Crippen MR) is 50.6 cm³/mol. The highest BCUT2D eigenvalue weighted by molar-refractivity contribution is 5.14. The van der Waals surface area contributed by atoms with E-state index in [4.69, 9.17) is 4.74 Å². The second-order valence-corrected chi connectivity index (χ2v) is 4.11. The Labute approximate surface area is 82.7 Å². The second kappa shape index (κ2) is 3.00. The molecule has 1 aromatic rings. The van der Waals surface area contributed by atoms with Gasteiger partial charge in [-0.3, -0.25) is 0 Å². The van der Waals surface area contributed by atoms with Gasteiger partial charge in [0.25, 0.3) is 0 Å². The number of hydrogen-bond donors (Lipinski definition) is 1. The van der Waals surface area contributed by atoms with Gasteiger partial charge in [-0.05, 0) is 19.0 Å². The summed E-state index contributed by atoms with van der Waals surface area (Å²) in [5.74, 6) is 0. The Kier molecular flexibility index (Phi) is 1.78. The molecule has 0 amide bonds. The molecule has 3 heterocycles. The maximum Gasteiger partial charge on any atom is 0.115 e. The summed E-state index contributed by atoms with van der Waals surface area (Å²) in [5.41, 5.74) is 1.34. The molecule has 2 atom stereocenters. The van der Waals surface area contributed by atoms with Crippen LogP contribution in [-0.4, -0.2) is 29.7 Å². The van der Waals surface area contributed by atoms with E-state index in [0.29, 0.717) is 5.41 Å². The Morgan fingerprint density at radius 3 is 3.14 bits per heavy atom. The molecular formula is C10H13N3O. The summed E-state index contributed by atoms with van der Waals surface area (Å²) in [7, 11) is 0. The SMILES string of the molecule is c1cc(C2OCC23CCNC3)ncn1. The van der Waals surface area contributed by atoms with Crippen LogP contribution in [0.25, 0.3) is 0 Å². The minimum absolute atomic E-state index is 0.181. The molecule has 4 nitrogen and oxygen atoms in total. The smallest absolute Gasteiger partial charge is 0.115 e. The van der Waals surface area contributed by atoms with Crippen molar-refractivity contribution in [2.45, 2.75) is 12.5 Å². The maximum absolute atomic E-state index is 5.62. The Balaban J connectivity index is 1.87. The number of ether oxygens (including phenoxy) is 1. The van der Waals surface area contributed by atoms with Crippen molar-refractivity contribution in [3.05, 3.63) is 24.3 Å². The first-order chi connectivity index (χ1) is 6.91. The lowest BCUT2D eigenvalue weighted by molar-refractivity contribution is -0.182. The van der Waals surface area contributed by atoms with Crippen LogP contribution in [-0.2, 0) is 4.74 Å². The summed E-state index contributed by atoms with van der Waals surface area (Å²) in [5, 5.41) is 3.39. The molecule has 0 radical (unpaired) electrons. The van der Waals surface area contributed by atoms with E-state index < -0.39 is 0 Å². The molecule has 0 aromatic carbocycles. The first kappa shape index (κ1) is 8.32. The van der Waals surface area contributed by atoms with Crippen molar-refractivity contribution in [3.63, 3.8) is 0 Å². The number of hydrogen-bond acceptors (Lipinski definition) is 4. The van der Waals surface area contributed by atoms with Crippen LogP contribution in [0.1, 0.15) is 18.2 Å². The minimum Gasteiger partial charge on any atom is -0.370 e. The van der Waals surface area contributed by atoms with E-state index in [1.54, 1.807) is 12.5 Å². The summed E-state index contributed by atoms with van der Waals surface area (Å²) in [6.07, 6.45) is 4.75. The summed E-state index contributed by atoms with van der Waals surface area (Å²) >= 11 is 0. The van der Waals surface area contributed by atoms with Crippen molar-refractivity contribution in [3.8, 4) is 0 Å². The molecule has 1 N–H and O–H groups in total. The Bertz CT molecular complexity index is 321. The largest absolute Gasteiger partial charge is 0.370 e. The molecule has 2 fully saturated rings. The number of nitrogens with zero attached hydrogens (tertiary/aromatic N) is 2. The van der Waals surface area contributed by atoms with Crippen molar-refractivity contribution in [1.29, 1.82) is 0 Å². The zero-order valence-corrected chi connectivity index (χ0v) is 7.94. The van der Waals surface area contributed by atoms with Crippen molar-refractivity contribution in [2.24, 2.45) is 5.41 Å². The minimum atomic E-state index is 0.181. The fourth-order valence-electron chi connectivity index (χ4n) is 2.37.